The van der Waals surface area contributed by atoms with E-state index < -0.39 is 28.8 Å². The SMILES string of the molecule is COC(=O)N/C=C/CCC(C)c1cc(O)c(C(=O)/C(C)=C/c2cccc(OCCC(C)(C)C)c2)c(=O)o1. The van der Waals surface area contributed by atoms with Crippen molar-refractivity contribution in [1.82, 2.24) is 5.32 Å². The van der Waals surface area contributed by atoms with E-state index in [1.165, 1.54) is 19.4 Å². The minimum atomic E-state index is -0.887. The molecule has 0 aliphatic rings. The maximum atomic E-state index is 13.0. The first-order valence-corrected chi connectivity index (χ1v) is 12.2. The maximum Gasteiger partial charge on any atom is 0.410 e. The summed E-state index contributed by atoms with van der Waals surface area (Å²) in [5.74, 6) is -0.271. The molecule has 0 fully saturated rings. The molecular formula is C29H37NO7. The molecule has 8 nitrogen and oxygen atoms in total. The highest BCUT2D eigenvalue weighted by atomic mass is 16.5. The van der Waals surface area contributed by atoms with E-state index in [0.29, 0.717) is 25.2 Å². The van der Waals surface area contributed by atoms with E-state index in [2.05, 4.69) is 30.8 Å². The molecule has 0 saturated heterocycles. The van der Waals surface area contributed by atoms with E-state index >= 15 is 0 Å². The first-order chi connectivity index (χ1) is 17.4. The molecule has 1 amide bonds. The van der Waals surface area contributed by atoms with Crippen LogP contribution in [0.1, 0.15) is 81.5 Å². The molecule has 200 valence electrons. The van der Waals surface area contributed by atoms with E-state index in [4.69, 9.17) is 9.15 Å². The van der Waals surface area contributed by atoms with Gasteiger partial charge in [-0.05, 0) is 60.9 Å². The average molecular weight is 512 g/mol. The lowest BCUT2D eigenvalue weighted by Gasteiger charge is -2.18. The topological polar surface area (TPSA) is 115 Å². The number of nitrogens with one attached hydrogen (secondary N) is 1. The number of carbonyl (C=O) groups excluding carboxylic acids is 2. The van der Waals surface area contributed by atoms with Gasteiger partial charge in [-0.3, -0.25) is 10.1 Å². The fourth-order valence-electron chi connectivity index (χ4n) is 3.39. The summed E-state index contributed by atoms with van der Waals surface area (Å²) in [6.45, 7) is 10.4. The highest BCUT2D eigenvalue weighted by Gasteiger charge is 2.22. The van der Waals surface area contributed by atoms with Crippen LogP contribution in [0.2, 0.25) is 0 Å². The molecule has 0 aliphatic carbocycles. The smallest absolute Gasteiger partial charge is 0.410 e. The number of hydrogen-bond acceptors (Lipinski definition) is 7. The van der Waals surface area contributed by atoms with Gasteiger partial charge in [0.2, 0.25) is 0 Å². The Kier molecular flexibility index (Phi) is 10.7. The van der Waals surface area contributed by atoms with E-state index in [1.807, 2.05) is 31.2 Å². The number of methoxy groups -OCH3 is 1. The predicted molar refractivity (Wildman–Crippen MR) is 143 cm³/mol. The fraction of sp³-hybridized carbons (Fsp3) is 0.414. The Hall–Kier alpha value is -3.81. The van der Waals surface area contributed by atoms with Gasteiger partial charge in [0.15, 0.2) is 5.78 Å². The number of allylic oxidation sites excluding steroid dienone is 2. The summed E-state index contributed by atoms with van der Waals surface area (Å²) in [7, 11) is 1.27. The Morgan fingerprint density at radius 3 is 2.59 bits per heavy atom. The number of carbonyl (C=O) groups is 2. The minimum Gasteiger partial charge on any atom is -0.507 e. The first-order valence-electron chi connectivity index (χ1n) is 12.2. The van der Waals surface area contributed by atoms with Crippen LogP contribution in [0.4, 0.5) is 4.79 Å². The summed E-state index contributed by atoms with van der Waals surface area (Å²) in [4.78, 5) is 36.6. The molecule has 0 spiro atoms. The van der Waals surface area contributed by atoms with Crippen molar-refractivity contribution >= 4 is 18.0 Å². The van der Waals surface area contributed by atoms with Gasteiger partial charge in [0, 0.05) is 18.2 Å². The molecule has 8 heteroatoms. The molecule has 1 atom stereocenters. The third kappa shape index (κ3) is 9.63. The van der Waals surface area contributed by atoms with Gasteiger partial charge < -0.3 is 19.0 Å². The van der Waals surface area contributed by atoms with Crippen LogP contribution in [-0.2, 0) is 4.74 Å². The summed E-state index contributed by atoms with van der Waals surface area (Å²) in [6, 6.07) is 8.64. The largest absolute Gasteiger partial charge is 0.507 e. The molecule has 1 aromatic carbocycles. The second-order valence-corrected chi connectivity index (χ2v) is 10.1. The fourth-order valence-corrected chi connectivity index (χ4v) is 3.39. The molecule has 2 aromatic rings. The van der Waals surface area contributed by atoms with E-state index in [-0.39, 0.29) is 22.7 Å². The van der Waals surface area contributed by atoms with Gasteiger partial charge in [-0.15, -0.1) is 0 Å². The van der Waals surface area contributed by atoms with Gasteiger partial charge in [-0.1, -0.05) is 45.9 Å². The second-order valence-electron chi connectivity index (χ2n) is 10.1. The summed E-state index contributed by atoms with van der Waals surface area (Å²) in [6.07, 6.45) is 6.35. The normalized spacial score (nSPS) is 12.9. The number of Topliss-reactive ketones (excluding diaryl/α,β-unsaturated/α-hetero) is 1. The number of ketones is 1. The van der Waals surface area contributed by atoms with Gasteiger partial charge in [-0.25, -0.2) is 9.59 Å². The Morgan fingerprint density at radius 1 is 1.22 bits per heavy atom. The predicted octanol–water partition coefficient (Wildman–Crippen LogP) is 6.20. The lowest BCUT2D eigenvalue weighted by Crippen LogP contribution is -2.17. The third-order valence-corrected chi connectivity index (χ3v) is 5.65. The van der Waals surface area contributed by atoms with E-state index in [0.717, 1.165) is 12.0 Å². The summed E-state index contributed by atoms with van der Waals surface area (Å²) >= 11 is 0. The van der Waals surface area contributed by atoms with Crippen molar-refractivity contribution < 1.29 is 28.6 Å². The van der Waals surface area contributed by atoms with Crippen molar-refractivity contribution in [2.75, 3.05) is 13.7 Å². The zero-order valence-corrected chi connectivity index (χ0v) is 22.4. The van der Waals surface area contributed by atoms with Crippen molar-refractivity contribution in [3.8, 4) is 11.5 Å². The van der Waals surface area contributed by atoms with Crippen molar-refractivity contribution in [3.05, 3.63) is 75.5 Å². The Labute approximate surface area is 218 Å². The monoisotopic (exact) mass is 511 g/mol. The molecule has 0 bridgehead atoms. The van der Waals surface area contributed by atoms with Crippen LogP contribution in [0, 0.1) is 5.41 Å². The van der Waals surface area contributed by atoms with Gasteiger partial charge in [0.1, 0.15) is 22.8 Å². The number of rotatable bonds is 11. The maximum absolute atomic E-state index is 13.0. The Bertz CT molecular complexity index is 1200. The van der Waals surface area contributed by atoms with Crippen molar-refractivity contribution in [2.24, 2.45) is 5.41 Å². The number of hydrogen-bond donors (Lipinski definition) is 2. The van der Waals surface area contributed by atoms with Gasteiger partial charge >= 0.3 is 11.7 Å². The summed E-state index contributed by atoms with van der Waals surface area (Å²) in [5.41, 5.74) is -0.107. The van der Waals surface area contributed by atoms with Gasteiger partial charge in [-0.2, -0.15) is 0 Å². The van der Waals surface area contributed by atoms with E-state index in [1.54, 1.807) is 19.1 Å². The van der Waals surface area contributed by atoms with Crippen molar-refractivity contribution in [1.29, 1.82) is 0 Å². The highest BCUT2D eigenvalue weighted by molar-refractivity contribution is 6.12. The average Bonchev–Trinajstić information content (AvgIpc) is 2.82. The van der Waals surface area contributed by atoms with Gasteiger partial charge in [0.05, 0.1) is 13.7 Å². The summed E-state index contributed by atoms with van der Waals surface area (Å²) in [5, 5.41) is 12.9. The number of amides is 1. The lowest BCUT2D eigenvalue weighted by molar-refractivity contribution is 0.102. The first kappa shape index (κ1) is 29.4. The van der Waals surface area contributed by atoms with Crippen LogP contribution in [0.5, 0.6) is 11.5 Å². The number of alkyl carbamates (subject to hydrolysis) is 1. The van der Waals surface area contributed by atoms with Crippen molar-refractivity contribution in [3.63, 3.8) is 0 Å². The van der Waals surface area contributed by atoms with Crippen LogP contribution < -0.4 is 15.7 Å². The molecular weight excluding hydrogens is 474 g/mol. The molecule has 1 unspecified atom stereocenters. The van der Waals surface area contributed by atoms with Crippen LogP contribution in [0.25, 0.3) is 6.08 Å². The summed E-state index contributed by atoms with van der Waals surface area (Å²) < 4.78 is 15.7. The second kappa shape index (κ2) is 13.5. The standard InChI is InChI=1S/C29H37NO7/c1-19(10-7-8-14-30-28(34)35-6)24-18-23(31)25(27(33)37-24)26(32)20(2)16-21-11-9-12-22(17-21)36-15-13-29(3,4)5/h8-9,11-12,14,16-19,31H,7,10,13,15H2,1-6H3,(H,30,34)/b14-8+,20-16+. The number of ether oxygens (including phenoxy) is 2. The molecule has 37 heavy (non-hydrogen) atoms. The number of benzene rings is 1. The van der Waals surface area contributed by atoms with Crippen LogP contribution in [-0.4, -0.2) is 30.7 Å². The van der Waals surface area contributed by atoms with Gasteiger partial charge in [0.25, 0.3) is 0 Å². The lowest BCUT2D eigenvalue weighted by atomic mass is 9.93. The molecule has 2 N–H and O–H groups in total. The third-order valence-electron chi connectivity index (χ3n) is 5.65. The molecule has 0 radical (unpaired) electrons. The van der Waals surface area contributed by atoms with Crippen LogP contribution in [0.3, 0.4) is 0 Å². The number of aromatic hydroxyl groups is 1. The highest BCUT2D eigenvalue weighted by Crippen LogP contribution is 2.27. The minimum absolute atomic E-state index is 0.164. The van der Waals surface area contributed by atoms with Crippen molar-refractivity contribution in [2.45, 2.75) is 59.8 Å². The van der Waals surface area contributed by atoms with Crippen LogP contribution >= 0.6 is 0 Å². The Morgan fingerprint density at radius 2 is 1.95 bits per heavy atom. The molecule has 2 rings (SSSR count). The zero-order valence-electron chi connectivity index (χ0n) is 22.4. The zero-order chi connectivity index (χ0) is 27.6. The molecule has 1 heterocycles. The molecule has 1 aromatic heterocycles. The Balaban J connectivity index is 2.10. The quantitative estimate of drug-likeness (QED) is 0.273. The molecule has 0 saturated carbocycles. The van der Waals surface area contributed by atoms with E-state index in [9.17, 15) is 19.5 Å². The van der Waals surface area contributed by atoms with Crippen LogP contribution in [0.15, 0.2) is 57.4 Å². The molecule has 0 aliphatic heterocycles.